The first-order chi connectivity index (χ1) is 20.5. The number of carbonyl (C=O) groups excluding carboxylic acids is 1. The number of benzene rings is 3. The molecule has 2 heterocycles. The van der Waals surface area contributed by atoms with Crippen LogP contribution < -0.4 is 20.2 Å². The second kappa shape index (κ2) is 13.4. The maximum atomic E-state index is 13.4. The van der Waals surface area contributed by atoms with Crippen molar-refractivity contribution in [1.29, 1.82) is 0 Å². The zero-order valence-corrected chi connectivity index (χ0v) is 25.6. The average molecular weight is 635 g/mol. The van der Waals surface area contributed by atoms with E-state index < -0.39 is 6.36 Å². The van der Waals surface area contributed by atoms with Gasteiger partial charge in [0.15, 0.2) is 0 Å². The van der Waals surface area contributed by atoms with Gasteiger partial charge in [-0.2, -0.15) is 0 Å². The molecule has 3 atom stereocenters. The van der Waals surface area contributed by atoms with E-state index in [0.29, 0.717) is 34.2 Å². The minimum atomic E-state index is -4.78. The van der Waals surface area contributed by atoms with Crippen molar-refractivity contribution in [3.63, 3.8) is 0 Å². The number of amides is 1. The van der Waals surface area contributed by atoms with Crippen LogP contribution in [0.3, 0.4) is 0 Å². The van der Waals surface area contributed by atoms with Crippen molar-refractivity contribution in [1.82, 2.24) is 14.7 Å². The number of hydrogen-bond acceptors (Lipinski definition) is 7. The maximum absolute atomic E-state index is 13.4. The topological polar surface area (TPSA) is 66.1 Å². The molecule has 0 spiro atoms. The standard InChI is InChI=1S/C31H34ClF3N4O3S/c1-19-6-4-9-26(27(19)21-10-12-24(13-11-21)42-31(33,34)35)30(40)36-22-7-5-8-25(18-22)41-23-14-16-39(17-15-23)43-28-20(2)37-38(3)29(28)32/h4-13,18,20,23,28-29,37H,14-17H2,1-3H3,(H,36,40). The van der Waals surface area contributed by atoms with Crippen LogP contribution in [0.2, 0.25) is 0 Å². The van der Waals surface area contributed by atoms with Crippen LogP contribution in [0.5, 0.6) is 11.5 Å². The number of nitrogens with one attached hydrogen (secondary N) is 2. The van der Waals surface area contributed by atoms with Crippen molar-refractivity contribution in [3.8, 4) is 22.6 Å². The Morgan fingerprint density at radius 3 is 2.40 bits per heavy atom. The van der Waals surface area contributed by atoms with E-state index >= 15 is 0 Å². The SMILES string of the molecule is Cc1cccc(C(=O)Nc2cccc(OC3CCN(SC4C(C)NN(C)C4Cl)CC3)c2)c1-c1ccc(OC(F)(F)F)cc1. The second-order valence-electron chi connectivity index (χ2n) is 10.8. The van der Waals surface area contributed by atoms with E-state index in [2.05, 4.69) is 26.7 Å². The molecule has 0 aliphatic carbocycles. The highest BCUT2D eigenvalue weighted by Gasteiger charge is 2.38. The number of anilines is 1. The second-order valence-corrected chi connectivity index (χ2v) is 12.5. The Labute approximate surface area is 258 Å². The van der Waals surface area contributed by atoms with Crippen LogP contribution in [0.1, 0.15) is 35.7 Å². The lowest BCUT2D eigenvalue weighted by molar-refractivity contribution is -0.274. The van der Waals surface area contributed by atoms with Crippen LogP contribution in [0, 0.1) is 6.92 Å². The minimum Gasteiger partial charge on any atom is -0.490 e. The number of aryl methyl sites for hydroxylation is 1. The van der Waals surface area contributed by atoms with Crippen LogP contribution >= 0.6 is 23.5 Å². The molecule has 2 N–H and O–H groups in total. The summed E-state index contributed by atoms with van der Waals surface area (Å²) in [6.07, 6.45) is -2.97. The number of nitrogens with zero attached hydrogens (tertiary/aromatic N) is 2. The van der Waals surface area contributed by atoms with Gasteiger partial charge in [0.05, 0.1) is 5.25 Å². The van der Waals surface area contributed by atoms with Gasteiger partial charge in [-0.1, -0.05) is 42.3 Å². The molecule has 3 aromatic rings. The Hall–Kier alpha value is -2.96. The summed E-state index contributed by atoms with van der Waals surface area (Å²) in [5.74, 6) is 0.00915. The molecule has 0 bridgehead atoms. The molecule has 1 amide bonds. The molecule has 0 saturated carbocycles. The third-order valence-corrected chi connectivity index (χ3v) is 9.79. The van der Waals surface area contributed by atoms with Gasteiger partial charge in [0, 0.05) is 43.5 Å². The fraction of sp³-hybridized carbons (Fsp3) is 0.387. The van der Waals surface area contributed by atoms with Gasteiger partial charge in [0.1, 0.15) is 23.1 Å². The molecule has 7 nitrogen and oxygen atoms in total. The van der Waals surface area contributed by atoms with Gasteiger partial charge >= 0.3 is 6.36 Å². The number of piperidine rings is 1. The van der Waals surface area contributed by atoms with Gasteiger partial charge in [-0.3, -0.25) is 4.79 Å². The van der Waals surface area contributed by atoms with E-state index in [1.807, 2.05) is 49.1 Å². The molecular weight excluding hydrogens is 601 g/mol. The quantitative estimate of drug-likeness (QED) is 0.156. The molecular formula is C31H34ClF3N4O3S. The number of ether oxygens (including phenoxy) is 2. The summed E-state index contributed by atoms with van der Waals surface area (Å²) in [6.45, 7) is 5.78. The highest BCUT2D eigenvalue weighted by Crippen LogP contribution is 2.34. The van der Waals surface area contributed by atoms with Gasteiger partial charge in [-0.15, -0.1) is 24.8 Å². The van der Waals surface area contributed by atoms with E-state index in [-0.39, 0.29) is 28.5 Å². The molecule has 5 rings (SSSR count). The van der Waals surface area contributed by atoms with Gasteiger partial charge in [0.25, 0.3) is 5.91 Å². The van der Waals surface area contributed by atoms with Crippen molar-refractivity contribution in [2.75, 3.05) is 25.5 Å². The Morgan fingerprint density at radius 2 is 1.74 bits per heavy atom. The number of hydrazine groups is 1. The third kappa shape index (κ3) is 7.96. The average Bonchev–Trinajstić information content (AvgIpc) is 3.19. The summed E-state index contributed by atoms with van der Waals surface area (Å²) in [5.41, 5.74) is 6.32. The summed E-state index contributed by atoms with van der Waals surface area (Å²) in [5, 5.41) is 5.17. The smallest absolute Gasteiger partial charge is 0.490 e. The molecule has 2 aliphatic heterocycles. The highest BCUT2D eigenvalue weighted by atomic mass is 35.5. The normalized spacial score (nSPS) is 22.0. The largest absolute Gasteiger partial charge is 0.573 e. The van der Waals surface area contributed by atoms with Crippen LogP contribution in [0.25, 0.3) is 11.1 Å². The van der Waals surface area contributed by atoms with Crippen molar-refractivity contribution >= 4 is 35.1 Å². The summed E-state index contributed by atoms with van der Waals surface area (Å²) in [4.78, 5) is 13.4. The van der Waals surface area contributed by atoms with E-state index in [1.165, 1.54) is 24.3 Å². The van der Waals surface area contributed by atoms with E-state index in [9.17, 15) is 18.0 Å². The molecule has 3 aromatic carbocycles. The monoisotopic (exact) mass is 634 g/mol. The number of alkyl halides is 4. The lowest BCUT2D eigenvalue weighted by atomic mass is 9.94. The first-order valence-corrected chi connectivity index (χ1v) is 15.3. The minimum absolute atomic E-state index is 0.0593. The van der Waals surface area contributed by atoms with Gasteiger partial charge in [-0.25, -0.2) is 14.7 Å². The molecule has 2 aliphatic rings. The molecule has 0 aromatic heterocycles. The highest BCUT2D eigenvalue weighted by molar-refractivity contribution is 7.97. The van der Waals surface area contributed by atoms with Crippen LogP contribution in [0.4, 0.5) is 18.9 Å². The Morgan fingerprint density at radius 1 is 1.05 bits per heavy atom. The first-order valence-electron chi connectivity index (χ1n) is 14.1. The van der Waals surface area contributed by atoms with Crippen molar-refractivity contribution in [2.45, 2.75) is 55.9 Å². The van der Waals surface area contributed by atoms with Gasteiger partial charge in [0.2, 0.25) is 0 Å². The molecule has 12 heteroatoms. The molecule has 0 radical (unpaired) electrons. The number of rotatable bonds is 8. The Kier molecular flexibility index (Phi) is 9.77. The van der Waals surface area contributed by atoms with Gasteiger partial charge < -0.3 is 14.8 Å². The van der Waals surface area contributed by atoms with Crippen LogP contribution in [-0.4, -0.2) is 64.6 Å². The maximum Gasteiger partial charge on any atom is 0.573 e. The zero-order valence-electron chi connectivity index (χ0n) is 24.0. The summed E-state index contributed by atoms with van der Waals surface area (Å²) >= 11 is 8.37. The Bertz CT molecular complexity index is 1420. The Balaban J connectivity index is 1.20. The fourth-order valence-electron chi connectivity index (χ4n) is 5.39. The van der Waals surface area contributed by atoms with Crippen molar-refractivity contribution < 1.29 is 27.4 Å². The zero-order chi connectivity index (χ0) is 30.7. The van der Waals surface area contributed by atoms with Crippen LogP contribution in [0.15, 0.2) is 66.7 Å². The van der Waals surface area contributed by atoms with E-state index in [1.54, 1.807) is 24.3 Å². The lowest BCUT2D eigenvalue weighted by Gasteiger charge is -2.33. The van der Waals surface area contributed by atoms with Crippen molar-refractivity contribution in [2.24, 2.45) is 0 Å². The first kappa shape index (κ1) is 31.5. The summed E-state index contributed by atoms with van der Waals surface area (Å²) < 4.78 is 50.4. The number of hydrogen-bond donors (Lipinski definition) is 2. The van der Waals surface area contributed by atoms with E-state index in [4.69, 9.17) is 16.3 Å². The predicted octanol–water partition coefficient (Wildman–Crippen LogP) is 7.08. The third-order valence-electron chi connectivity index (χ3n) is 7.50. The molecule has 230 valence electrons. The lowest BCUT2D eigenvalue weighted by Crippen LogP contribution is -2.38. The van der Waals surface area contributed by atoms with Crippen LogP contribution in [-0.2, 0) is 0 Å². The molecule has 2 saturated heterocycles. The number of carbonyl (C=O) groups is 1. The molecule has 43 heavy (non-hydrogen) atoms. The number of halogens is 4. The molecule has 2 fully saturated rings. The van der Waals surface area contributed by atoms with E-state index in [0.717, 1.165) is 31.5 Å². The predicted molar refractivity (Wildman–Crippen MR) is 164 cm³/mol. The summed E-state index contributed by atoms with van der Waals surface area (Å²) in [6, 6.07) is 18.4. The molecule has 3 unspecified atom stereocenters. The van der Waals surface area contributed by atoms with Gasteiger partial charge in [-0.05, 0) is 73.7 Å². The summed E-state index contributed by atoms with van der Waals surface area (Å²) in [7, 11) is 1.96. The fourth-order valence-corrected chi connectivity index (χ4v) is 7.10. The van der Waals surface area contributed by atoms with Crippen molar-refractivity contribution in [3.05, 3.63) is 77.9 Å².